The molecule has 6 nitrogen and oxygen atoms in total. The van der Waals surface area contributed by atoms with Crippen LogP contribution in [0.15, 0.2) is 18.2 Å². The number of hydrogen-bond acceptors (Lipinski definition) is 4. The van der Waals surface area contributed by atoms with E-state index in [1.807, 2.05) is 0 Å². The maximum Gasteiger partial charge on any atom is 0.285 e. The van der Waals surface area contributed by atoms with Crippen molar-refractivity contribution >= 4 is 11.6 Å². The molecule has 1 N–H and O–H groups in total. The first kappa shape index (κ1) is 13.5. The molecule has 0 saturated carbocycles. The van der Waals surface area contributed by atoms with E-state index in [4.69, 9.17) is 0 Å². The Morgan fingerprint density at radius 1 is 1.53 bits per heavy atom. The number of aliphatic hydroxyl groups is 1. The maximum atomic E-state index is 12.3. The number of hydrogen-bond donors (Lipinski definition) is 1. The van der Waals surface area contributed by atoms with E-state index in [-0.39, 0.29) is 23.7 Å². The largest absolute Gasteiger partial charge is 0.391 e. The Balaban J connectivity index is 2.33. The van der Waals surface area contributed by atoms with Crippen LogP contribution in [0.2, 0.25) is 0 Å². The molecule has 1 fully saturated rings. The molecule has 0 spiro atoms. The van der Waals surface area contributed by atoms with Gasteiger partial charge in [0.05, 0.1) is 11.0 Å². The number of carbonyl (C=O) groups excluding carboxylic acids is 1. The Morgan fingerprint density at radius 3 is 2.89 bits per heavy atom. The van der Waals surface area contributed by atoms with Crippen molar-refractivity contribution in [2.24, 2.45) is 0 Å². The van der Waals surface area contributed by atoms with Crippen LogP contribution in [0.5, 0.6) is 0 Å². The number of aryl methyl sites for hydroxylation is 1. The Hall–Kier alpha value is -1.95. The Labute approximate surface area is 110 Å². The number of amides is 1. The highest BCUT2D eigenvalue weighted by atomic mass is 16.6. The summed E-state index contributed by atoms with van der Waals surface area (Å²) < 4.78 is 0. The van der Waals surface area contributed by atoms with Gasteiger partial charge in [-0.15, -0.1) is 0 Å². The van der Waals surface area contributed by atoms with Crippen molar-refractivity contribution < 1.29 is 14.8 Å². The van der Waals surface area contributed by atoms with Gasteiger partial charge >= 0.3 is 0 Å². The summed E-state index contributed by atoms with van der Waals surface area (Å²) >= 11 is 0. The third-order valence-electron chi connectivity index (χ3n) is 3.33. The lowest BCUT2D eigenvalue weighted by Crippen LogP contribution is -2.42. The lowest BCUT2D eigenvalue weighted by atomic mass is 10.0. The number of likely N-dealkylation sites (tertiary alicyclic amines) is 1. The van der Waals surface area contributed by atoms with E-state index in [0.29, 0.717) is 24.9 Å². The van der Waals surface area contributed by atoms with Crippen LogP contribution in [-0.2, 0) is 0 Å². The minimum Gasteiger partial charge on any atom is -0.391 e. The second-order valence-electron chi connectivity index (χ2n) is 4.78. The van der Waals surface area contributed by atoms with Crippen molar-refractivity contribution in [2.75, 3.05) is 13.1 Å². The van der Waals surface area contributed by atoms with Gasteiger partial charge in [0, 0.05) is 18.7 Å². The number of para-hydroxylation sites is 1. The van der Waals surface area contributed by atoms with Gasteiger partial charge in [-0.2, -0.15) is 0 Å². The minimum atomic E-state index is -0.540. The molecule has 1 atom stereocenters. The third kappa shape index (κ3) is 2.73. The summed E-state index contributed by atoms with van der Waals surface area (Å²) in [7, 11) is 0. The van der Waals surface area contributed by atoms with Crippen LogP contribution in [0.4, 0.5) is 5.69 Å². The van der Waals surface area contributed by atoms with E-state index in [0.717, 1.165) is 0 Å². The van der Waals surface area contributed by atoms with E-state index < -0.39 is 11.0 Å². The fourth-order valence-corrected chi connectivity index (χ4v) is 2.38. The van der Waals surface area contributed by atoms with E-state index in [1.165, 1.54) is 11.0 Å². The molecule has 6 heteroatoms. The van der Waals surface area contributed by atoms with Crippen molar-refractivity contribution in [2.45, 2.75) is 25.9 Å². The number of nitro groups is 1. The summed E-state index contributed by atoms with van der Waals surface area (Å²) in [5, 5.41) is 20.7. The molecular formula is C13H16N2O4. The van der Waals surface area contributed by atoms with Crippen molar-refractivity contribution in [3.8, 4) is 0 Å². The van der Waals surface area contributed by atoms with Gasteiger partial charge in [0.25, 0.3) is 11.6 Å². The molecule has 1 aliphatic rings. The smallest absolute Gasteiger partial charge is 0.285 e. The number of rotatable bonds is 2. The highest BCUT2D eigenvalue weighted by Gasteiger charge is 2.29. The highest BCUT2D eigenvalue weighted by molar-refractivity contribution is 5.98. The minimum absolute atomic E-state index is 0.0964. The predicted octanol–water partition coefficient (Wildman–Crippen LogP) is 1.50. The van der Waals surface area contributed by atoms with Gasteiger partial charge in [0.15, 0.2) is 0 Å². The summed E-state index contributed by atoms with van der Waals surface area (Å²) in [6, 6.07) is 4.71. The van der Waals surface area contributed by atoms with Crippen LogP contribution >= 0.6 is 0 Å². The molecule has 0 radical (unpaired) electrons. The number of benzene rings is 1. The van der Waals surface area contributed by atoms with Gasteiger partial charge in [0.1, 0.15) is 5.56 Å². The molecule has 1 aromatic rings. The summed E-state index contributed by atoms with van der Waals surface area (Å²) in [6.45, 7) is 2.38. The van der Waals surface area contributed by atoms with E-state index in [2.05, 4.69) is 0 Å². The molecule has 0 aliphatic carbocycles. The number of piperidine rings is 1. The van der Waals surface area contributed by atoms with Crippen molar-refractivity contribution in [3.63, 3.8) is 0 Å². The standard InChI is InChI=1S/C13H16N2O4/c1-9-4-2-6-11(12(9)15(18)19)13(17)14-7-3-5-10(16)8-14/h2,4,6,10,16H,3,5,7-8H2,1H3/t10-/m1/s1. The van der Waals surface area contributed by atoms with Crippen LogP contribution in [0.1, 0.15) is 28.8 Å². The van der Waals surface area contributed by atoms with E-state index >= 15 is 0 Å². The molecule has 1 aliphatic heterocycles. The monoisotopic (exact) mass is 264 g/mol. The molecule has 2 rings (SSSR count). The molecule has 1 heterocycles. The second kappa shape index (κ2) is 5.36. The first-order valence-electron chi connectivity index (χ1n) is 6.22. The predicted molar refractivity (Wildman–Crippen MR) is 69.0 cm³/mol. The first-order valence-corrected chi connectivity index (χ1v) is 6.22. The average molecular weight is 264 g/mol. The summed E-state index contributed by atoms with van der Waals surface area (Å²) in [5.41, 5.74) is 0.417. The van der Waals surface area contributed by atoms with Crippen molar-refractivity contribution in [3.05, 3.63) is 39.4 Å². The molecule has 0 unspecified atom stereocenters. The molecule has 1 amide bonds. The maximum absolute atomic E-state index is 12.3. The van der Waals surface area contributed by atoms with Crippen LogP contribution in [0, 0.1) is 17.0 Å². The lowest BCUT2D eigenvalue weighted by molar-refractivity contribution is -0.385. The number of nitrogens with zero attached hydrogens (tertiary/aromatic N) is 2. The van der Waals surface area contributed by atoms with Crippen LogP contribution in [0.3, 0.4) is 0 Å². The van der Waals surface area contributed by atoms with E-state index in [1.54, 1.807) is 19.1 Å². The molecule has 1 aromatic carbocycles. The lowest BCUT2D eigenvalue weighted by Gasteiger charge is -2.30. The van der Waals surface area contributed by atoms with Crippen molar-refractivity contribution in [1.29, 1.82) is 0 Å². The van der Waals surface area contributed by atoms with Gasteiger partial charge < -0.3 is 10.0 Å². The number of aliphatic hydroxyl groups excluding tert-OH is 1. The zero-order valence-corrected chi connectivity index (χ0v) is 10.7. The number of β-amino-alcohol motifs (C(OH)–C–C–N with tert-alkyl or cyclic N) is 1. The third-order valence-corrected chi connectivity index (χ3v) is 3.33. The molecule has 102 valence electrons. The van der Waals surface area contributed by atoms with E-state index in [9.17, 15) is 20.0 Å². The summed E-state index contributed by atoms with van der Waals surface area (Å²) in [5.74, 6) is -0.380. The quantitative estimate of drug-likeness (QED) is 0.648. The molecule has 1 saturated heterocycles. The number of nitro benzene ring substituents is 1. The Bertz CT molecular complexity index is 515. The zero-order valence-electron chi connectivity index (χ0n) is 10.7. The SMILES string of the molecule is Cc1cccc(C(=O)N2CCC[C@@H](O)C2)c1[N+](=O)[O-]. The molecule has 0 aromatic heterocycles. The zero-order chi connectivity index (χ0) is 14.0. The Morgan fingerprint density at radius 2 is 2.26 bits per heavy atom. The second-order valence-corrected chi connectivity index (χ2v) is 4.78. The van der Waals surface area contributed by atoms with Gasteiger partial charge in [-0.05, 0) is 25.8 Å². The molecular weight excluding hydrogens is 248 g/mol. The topological polar surface area (TPSA) is 83.7 Å². The van der Waals surface area contributed by atoms with Crippen molar-refractivity contribution in [1.82, 2.24) is 4.90 Å². The molecule has 19 heavy (non-hydrogen) atoms. The highest BCUT2D eigenvalue weighted by Crippen LogP contribution is 2.25. The van der Waals surface area contributed by atoms with Gasteiger partial charge in [-0.25, -0.2) is 0 Å². The molecule has 0 bridgehead atoms. The van der Waals surface area contributed by atoms with Crippen LogP contribution < -0.4 is 0 Å². The normalized spacial score (nSPS) is 19.3. The first-order chi connectivity index (χ1) is 9.00. The fraction of sp³-hybridized carbons (Fsp3) is 0.462. The number of carbonyl (C=O) groups is 1. The van der Waals surface area contributed by atoms with Gasteiger partial charge in [0.2, 0.25) is 0 Å². The Kier molecular flexibility index (Phi) is 3.80. The average Bonchev–Trinajstić information content (AvgIpc) is 2.37. The van der Waals surface area contributed by atoms with Crippen LogP contribution in [0.25, 0.3) is 0 Å². The van der Waals surface area contributed by atoms with Crippen LogP contribution in [-0.4, -0.2) is 40.0 Å². The van der Waals surface area contributed by atoms with Gasteiger partial charge in [-0.3, -0.25) is 14.9 Å². The van der Waals surface area contributed by atoms with Gasteiger partial charge in [-0.1, -0.05) is 12.1 Å². The fourth-order valence-electron chi connectivity index (χ4n) is 2.38. The summed E-state index contributed by atoms with van der Waals surface area (Å²) in [4.78, 5) is 24.4. The summed E-state index contributed by atoms with van der Waals surface area (Å²) in [6.07, 6.45) is 0.841.